The van der Waals surface area contributed by atoms with Gasteiger partial charge < -0.3 is 15.0 Å². The number of carbonyl (C=O) groups excluding carboxylic acids is 2. The molecule has 0 bridgehead atoms. The van der Waals surface area contributed by atoms with Crippen LogP contribution >= 0.6 is 0 Å². The van der Waals surface area contributed by atoms with E-state index in [-0.39, 0.29) is 17.7 Å². The molecule has 2 amide bonds. The van der Waals surface area contributed by atoms with Crippen molar-refractivity contribution in [3.63, 3.8) is 0 Å². The molecule has 1 heterocycles. The van der Waals surface area contributed by atoms with Crippen LogP contribution in [0.15, 0.2) is 54.6 Å². The van der Waals surface area contributed by atoms with E-state index in [2.05, 4.69) is 5.32 Å². The van der Waals surface area contributed by atoms with Gasteiger partial charge in [0.1, 0.15) is 5.75 Å². The van der Waals surface area contributed by atoms with Gasteiger partial charge in [0.2, 0.25) is 5.91 Å². The molecule has 1 aliphatic heterocycles. The van der Waals surface area contributed by atoms with Gasteiger partial charge in [-0.2, -0.15) is 0 Å². The van der Waals surface area contributed by atoms with E-state index in [0.717, 1.165) is 38.9 Å². The van der Waals surface area contributed by atoms with Gasteiger partial charge in [0.25, 0.3) is 5.91 Å². The Hall–Kier alpha value is -3.34. The number of carbonyl (C=O) groups is 2. The summed E-state index contributed by atoms with van der Waals surface area (Å²) in [5.41, 5.74) is 3.47. The Morgan fingerprint density at radius 1 is 0.968 bits per heavy atom. The van der Waals surface area contributed by atoms with Crippen molar-refractivity contribution in [1.29, 1.82) is 0 Å². The van der Waals surface area contributed by atoms with Crippen LogP contribution in [-0.4, -0.2) is 36.9 Å². The van der Waals surface area contributed by atoms with Gasteiger partial charge in [-0.05, 0) is 55.2 Å². The van der Waals surface area contributed by atoms with Crippen LogP contribution in [0.4, 0.5) is 5.69 Å². The van der Waals surface area contributed by atoms with Gasteiger partial charge >= 0.3 is 0 Å². The summed E-state index contributed by atoms with van der Waals surface area (Å²) < 4.78 is 5.46. The van der Waals surface area contributed by atoms with Crippen LogP contribution in [0.25, 0.3) is 10.8 Å². The molecule has 0 unspecified atom stereocenters. The van der Waals surface area contributed by atoms with Crippen molar-refractivity contribution < 1.29 is 14.3 Å². The standard InChI is InChI=1S/C26H28N2O3/c1-17-11-12-23(18(2)24(17)31-3)27-25(29)20-13-15-28(16-14-20)26(30)22-10-6-8-19-7-4-5-9-21(19)22/h4-12,20H,13-16H2,1-3H3,(H,27,29). The smallest absolute Gasteiger partial charge is 0.254 e. The first-order valence-electron chi connectivity index (χ1n) is 10.7. The quantitative estimate of drug-likeness (QED) is 0.654. The molecular weight excluding hydrogens is 388 g/mol. The third-order valence-corrected chi connectivity index (χ3v) is 6.24. The predicted octanol–water partition coefficient (Wildman–Crippen LogP) is 4.96. The van der Waals surface area contributed by atoms with E-state index < -0.39 is 0 Å². The minimum atomic E-state index is -0.108. The predicted molar refractivity (Wildman–Crippen MR) is 124 cm³/mol. The SMILES string of the molecule is COc1c(C)ccc(NC(=O)C2CCN(C(=O)c3cccc4ccccc34)CC2)c1C. The second kappa shape index (κ2) is 8.80. The van der Waals surface area contributed by atoms with Crippen LogP contribution < -0.4 is 10.1 Å². The zero-order valence-electron chi connectivity index (χ0n) is 18.3. The van der Waals surface area contributed by atoms with Crippen molar-refractivity contribution in [2.24, 2.45) is 5.92 Å². The van der Waals surface area contributed by atoms with Gasteiger partial charge in [-0.3, -0.25) is 9.59 Å². The molecule has 0 radical (unpaired) electrons. The average molecular weight is 417 g/mol. The lowest BCUT2D eigenvalue weighted by atomic mass is 9.94. The van der Waals surface area contributed by atoms with Crippen molar-refractivity contribution in [2.75, 3.05) is 25.5 Å². The van der Waals surface area contributed by atoms with Crippen LogP contribution in [0, 0.1) is 19.8 Å². The third kappa shape index (κ3) is 4.13. The van der Waals surface area contributed by atoms with Gasteiger partial charge in [-0.1, -0.05) is 42.5 Å². The second-order valence-electron chi connectivity index (χ2n) is 8.17. The number of hydrogen-bond acceptors (Lipinski definition) is 3. The Balaban J connectivity index is 1.42. The number of methoxy groups -OCH3 is 1. The number of benzene rings is 3. The van der Waals surface area contributed by atoms with E-state index in [1.54, 1.807) is 7.11 Å². The number of hydrogen-bond donors (Lipinski definition) is 1. The first-order chi connectivity index (χ1) is 15.0. The number of fused-ring (bicyclic) bond motifs is 1. The number of likely N-dealkylation sites (tertiary alicyclic amines) is 1. The maximum Gasteiger partial charge on any atom is 0.254 e. The van der Waals surface area contributed by atoms with E-state index >= 15 is 0 Å². The molecule has 3 aromatic rings. The molecule has 0 aliphatic carbocycles. The van der Waals surface area contributed by atoms with Crippen molar-refractivity contribution in [2.45, 2.75) is 26.7 Å². The molecule has 1 fully saturated rings. The molecule has 0 saturated carbocycles. The molecule has 1 aliphatic rings. The maximum absolute atomic E-state index is 13.1. The fourth-order valence-corrected chi connectivity index (χ4v) is 4.44. The molecule has 31 heavy (non-hydrogen) atoms. The van der Waals surface area contributed by atoms with Gasteiger partial charge in [0.15, 0.2) is 0 Å². The average Bonchev–Trinajstić information content (AvgIpc) is 2.80. The summed E-state index contributed by atoms with van der Waals surface area (Å²) in [4.78, 5) is 27.9. The van der Waals surface area contributed by atoms with Crippen molar-refractivity contribution in [3.8, 4) is 5.75 Å². The summed E-state index contributed by atoms with van der Waals surface area (Å²) in [6.45, 7) is 5.10. The molecule has 0 atom stereocenters. The van der Waals surface area contributed by atoms with Gasteiger partial charge in [0.05, 0.1) is 7.11 Å². The minimum Gasteiger partial charge on any atom is -0.496 e. The Morgan fingerprint density at radius 3 is 2.42 bits per heavy atom. The van der Waals surface area contributed by atoms with Gasteiger partial charge in [-0.25, -0.2) is 0 Å². The molecule has 1 saturated heterocycles. The summed E-state index contributed by atoms with van der Waals surface area (Å²) >= 11 is 0. The number of nitrogens with zero attached hydrogens (tertiary/aromatic N) is 1. The summed E-state index contributed by atoms with van der Waals surface area (Å²) in [6, 6.07) is 17.6. The first kappa shape index (κ1) is 20.9. The fraction of sp³-hybridized carbons (Fsp3) is 0.308. The molecule has 1 N–H and O–H groups in total. The zero-order chi connectivity index (χ0) is 22.0. The number of rotatable bonds is 4. The molecular formula is C26H28N2O3. The Morgan fingerprint density at radius 2 is 1.68 bits per heavy atom. The summed E-state index contributed by atoms with van der Waals surface area (Å²) in [5.74, 6) is 0.734. The van der Waals surface area contributed by atoms with E-state index in [4.69, 9.17) is 4.74 Å². The highest BCUT2D eigenvalue weighted by atomic mass is 16.5. The van der Waals surface area contributed by atoms with E-state index in [1.807, 2.05) is 73.3 Å². The van der Waals surface area contributed by atoms with Crippen molar-refractivity contribution in [1.82, 2.24) is 4.90 Å². The van der Waals surface area contributed by atoms with E-state index in [9.17, 15) is 9.59 Å². The molecule has 3 aromatic carbocycles. The Kier molecular flexibility index (Phi) is 5.94. The highest BCUT2D eigenvalue weighted by Gasteiger charge is 2.28. The highest BCUT2D eigenvalue weighted by Crippen LogP contribution is 2.30. The summed E-state index contributed by atoms with van der Waals surface area (Å²) in [7, 11) is 1.64. The lowest BCUT2D eigenvalue weighted by Gasteiger charge is -2.32. The fourth-order valence-electron chi connectivity index (χ4n) is 4.44. The van der Waals surface area contributed by atoms with Crippen LogP contribution in [0.5, 0.6) is 5.75 Å². The van der Waals surface area contributed by atoms with Crippen LogP contribution in [-0.2, 0) is 4.79 Å². The topological polar surface area (TPSA) is 58.6 Å². The molecule has 5 nitrogen and oxygen atoms in total. The summed E-state index contributed by atoms with van der Waals surface area (Å²) in [6.07, 6.45) is 1.31. The molecule has 160 valence electrons. The Labute approximate surface area is 183 Å². The van der Waals surface area contributed by atoms with Crippen LogP contribution in [0.3, 0.4) is 0 Å². The monoisotopic (exact) mass is 416 g/mol. The van der Waals surface area contributed by atoms with Crippen molar-refractivity contribution >= 4 is 28.3 Å². The minimum absolute atomic E-state index is 0.00580. The Bertz CT molecular complexity index is 1130. The molecule has 4 rings (SSSR count). The third-order valence-electron chi connectivity index (χ3n) is 6.24. The highest BCUT2D eigenvalue weighted by molar-refractivity contribution is 6.07. The number of anilines is 1. The van der Waals surface area contributed by atoms with E-state index in [1.165, 1.54) is 0 Å². The van der Waals surface area contributed by atoms with E-state index in [0.29, 0.717) is 25.9 Å². The normalized spacial score (nSPS) is 14.5. The van der Waals surface area contributed by atoms with Crippen LogP contribution in [0.1, 0.15) is 34.3 Å². The molecule has 0 aromatic heterocycles. The number of amides is 2. The lowest BCUT2D eigenvalue weighted by Crippen LogP contribution is -2.41. The van der Waals surface area contributed by atoms with Gasteiger partial charge in [0, 0.05) is 35.8 Å². The van der Waals surface area contributed by atoms with Crippen molar-refractivity contribution in [3.05, 3.63) is 71.3 Å². The zero-order valence-corrected chi connectivity index (χ0v) is 18.3. The number of aryl methyl sites for hydroxylation is 1. The first-order valence-corrected chi connectivity index (χ1v) is 10.7. The molecule has 5 heteroatoms. The second-order valence-corrected chi connectivity index (χ2v) is 8.17. The largest absolute Gasteiger partial charge is 0.496 e. The maximum atomic E-state index is 13.1. The number of ether oxygens (including phenoxy) is 1. The lowest BCUT2D eigenvalue weighted by molar-refractivity contribution is -0.121. The number of piperidine rings is 1. The summed E-state index contributed by atoms with van der Waals surface area (Å²) in [5, 5.41) is 5.09. The molecule has 0 spiro atoms. The van der Waals surface area contributed by atoms with Gasteiger partial charge in [-0.15, -0.1) is 0 Å². The van der Waals surface area contributed by atoms with Crippen LogP contribution in [0.2, 0.25) is 0 Å². The number of nitrogens with one attached hydrogen (secondary N) is 1.